The Labute approximate surface area is 90.5 Å². The molecule has 1 aliphatic rings. The van der Waals surface area contributed by atoms with E-state index >= 15 is 0 Å². The summed E-state index contributed by atoms with van der Waals surface area (Å²) < 4.78 is 0. The minimum atomic E-state index is 0.633. The molecule has 0 amide bonds. The van der Waals surface area contributed by atoms with E-state index < -0.39 is 0 Å². The van der Waals surface area contributed by atoms with Gasteiger partial charge in [-0.15, -0.1) is 11.3 Å². The van der Waals surface area contributed by atoms with Gasteiger partial charge in [0.15, 0.2) is 0 Å². The van der Waals surface area contributed by atoms with Gasteiger partial charge in [-0.1, -0.05) is 26.7 Å². The van der Waals surface area contributed by atoms with E-state index in [1.54, 1.807) is 10.4 Å². The van der Waals surface area contributed by atoms with Crippen molar-refractivity contribution in [2.24, 2.45) is 5.92 Å². The molecule has 2 rings (SSSR count). The summed E-state index contributed by atoms with van der Waals surface area (Å²) in [5.41, 5.74) is 1.59. The van der Waals surface area contributed by atoms with Crippen LogP contribution in [-0.4, -0.2) is 6.54 Å². The molecule has 0 fully saturated rings. The maximum absolute atomic E-state index is 3.67. The van der Waals surface area contributed by atoms with Crippen LogP contribution in [0, 0.1) is 5.92 Å². The van der Waals surface area contributed by atoms with Gasteiger partial charge in [0.25, 0.3) is 0 Å². The fourth-order valence-electron chi connectivity index (χ4n) is 2.42. The van der Waals surface area contributed by atoms with Gasteiger partial charge < -0.3 is 5.32 Å². The third-order valence-electron chi connectivity index (χ3n) is 3.34. The summed E-state index contributed by atoms with van der Waals surface area (Å²) in [4.78, 5) is 1.60. The number of fused-ring (bicyclic) bond motifs is 1. The Morgan fingerprint density at radius 3 is 3.00 bits per heavy atom. The average molecular weight is 209 g/mol. The summed E-state index contributed by atoms with van der Waals surface area (Å²) in [6, 6.07) is 2.93. The topological polar surface area (TPSA) is 12.0 Å². The van der Waals surface area contributed by atoms with Gasteiger partial charge in [0, 0.05) is 10.9 Å². The number of nitrogens with one attached hydrogen (secondary N) is 1. The Morgan fingerprint density at radius 1 is 1.50 bits per heavy atom. The molecule has 0 aromatic carbocycles. The highest BCUT2D eigenvalue weighted by molar-refractivity contribution is 7.10. The normalized spacial score (nSPS) is 21.2. The first-order chi connectivity index (χ1) is 6.86. The molecule has 14 heavy (non-hydrogen) atoms. The summed E-state index contributed by atoms with van der Waals surface area (Å²) in [5, 5.41) is 5.92. The lowest BCUT2D eigenvalue weighted by Crippen LogP contribution is -2.33. The smallest absolute Gasteiger partial charge is 0.0446 e. The molecule has 0 bridgehead atoms. The van der Waals surface area contributed by atoms with Gasteiger partial charge in [-0.2, -0.15) is 0 Å². The number of hydrogen-bond acceptors (Lipinski definition) is 2. The second-order valence-corrected chi connectivity index (χ2v) is 5.02. The molecule has 1 nitrogen and oxygen atoms in total. The SMILES string of the molecule is CCC(CC)C1NCCc2ccsc21. The highest BCUT2D eigenvalue weighted by Gasteiger charge is 2.26. The predicted molar refractivity (Wildman–Crippen MR) is 62.8 cm³/mol. The zero-order valence-corrected chi connectivity index (χ0v) is 9.86. The average Bonchev–Trinajstić information content (AvgIpc) is 2.68. The van der Waals surface area contributed by atoms with Crippen molar-refractivity contribution < 1.29 is 0 Å². The molecule has 1 aromatic heterocycles. The Kier molecular flexibility index (Phi) is 3.24. The third kappa shape index (κ3) is 1.73. The van der Waals surface area contributed by atoms with Crippen LogP contribution >= 0.6 is 11.3 Å². The molecule has 0 aliphatic carbocycles. The first kappa shape index (κ1) is 10.2. The van der Waals surface area contributed by atoms with Crippen LogP contribution in [0.3, 0.4) is 0 Å². The van der Waals surface area contributed by atoms with Crippen LogP contribution in [0.25, 0.3) is 0 Å². The minimum absolute atomic E-state index is 0.633. The lowest BCUT2D eigenvalue weighted by atomic mass is 9.89. The van der Waals surface area contributed by atoms with E-state index in [2.05, 4.69) is 30.6 Å². The van der Waals surface area contributed by atoms with Gasteiger partial charge in [0.2, 0.25) is 0 Å². The Bertz CT molecular complexity index is 288. The molecule has 1 N–H and O–H groups in total. The van der Waals surface area contributed by atoms with Crippen LogP contribution in [0.1, 0.15) is 43.2 Å². The van der Waals surface area contributed by atoms with Crippen LogP contribution in [-0.2, 0) is 6.42 Å². The van der Waals surface area contributed by atoms with Crippen LogP contribution < -0.4 is 5.32 Å². The number of hydrogen-bond donors (Lipinski definition) is 1. The van der Waals surface area contributed by atoms with Crippen molar-refractivity contribution in [3.8, 4) is 0 Å². The summed E-state index contributed by atoms with van der Waals surface area (Å²) in [6.07, 6.45) is 3.78. The number of thiophene rings is 1. The number of rotatable bonds is 3. The minimum Gasteiger partial charge on any atom is -0.309 e. The maximum Gasteiger partial charge on any atom is 0.0446 e. The molecule has 1 aromatic rings. The molecule has 0 spiro atoms. The Hall–Kier alpha value is -0.340. The van der Waals surface area contributed by atoms with Crippen molar-refractivity contribution >= 4 is 11.3 Å². The van der Waals surface area contributed by atoms with Crippen molar-refractivity contribution in [2.45, 2.75) is 39.2 Å². The van der Waals surface area contributed by atoms with E-state index in [-0.39, 0.29) is 0 Å². The van der Waals surface area contributed by atoms with E-state index in [0.29, 0.717) is 6.04 Å². The lowest BCUT2D eigenvalue weighted by molar-refractivity contribution is 0.335. The molecule has 2 heteroatoms. The molecule has 0 radical (unpaired) electrons. The van der Waals surface area contributed by atoms with Gasteiger partial charge in [-0.25, -0.2) is 0 Å². The van der Waals surface area contributed by atoms with Gasteiger partial charge in [-0.05, 0) is 35.9 Å². The van der Waals surface area contributed by atoms with Crippen LogP contribution in [0.15, 0.2) is 11.4 Å². The van der Waals surface area contributed by atoms with E-state index in [1.807, 2.05) is 11.3 Å². The van der Waals surface area contributed by atoms with Crippen molar-refractivity contribution in [2.75, 3.05) is 6.54 Å². The predicted octanol–water partition coefficient (Wildman–Crippen LogP) is 3.37. The summed E-state index contributed by atoms with van der Waals surface area (Å²) >= 11 is 1.93. The van der Waals surface area contributed by atoms with E-state index in [9.17, 15) is 0 Å². The fraction of sp³-hybridized carbons (Fsp3) is 0.667. The molecular formula is C12H19NS. The molecule has 2 heterocycles. The quantitative estimate of drug-likeness (QED) is 0.805. The highest BCUT2D eigenvalue weighted by Crippen LogP contribution is 2.35. The first-order valence-electron chi connectivity index (χ1n) is 5.66. The lowest BCUT2D eigenvalue weighted by Gasteiger charge is -2.30. The molecular weight excluding hydrogens is 190 g/mol. The summed E-state index contributed by atoms with van der Waals surface area (Å²) in [5.74, 6) is 0.813. The van der Waals surface area contributed by atoms with Gasteiger partial charge in [-0.3, -0.25) is 0 Å². The molecule has 0 saturated heterocycles. The van der Waals surface area contributed by atoms with Crippen molar-refractivity contribution in [1.29, 1.82) is 0 Å². The highest BCUT2D eigenvalue weighted by atomic mass is 32.1. The van der Waals surface area contributed by atoms with E-state index in [4.69, 9.17) is 0 Å². The second kappa shape index (κ2) is 4.45. The first-order valence-corrected chi connectivity index (χ1v) is 6.54. The van der Waals surface area contributed by atoms with E-state index in [0.717, 1.165) is 12.5 Å². The molecule has 1 atom stereocenters. The molecule has 1 aliphatic heterocycles. The van der Waals surface area contributed by atoms with E-state index in [1.165, 1.54) is 19.3 Å². The fourth-order valence-corrected chi connectivity index (χ4v) is 3.55. The Balaban J connectivity index is 2.22. The van der Waals surface area contributed by atoms with Crippen LogP contribution in [0.5, 0.6) is 0 Å². The van der Waals surface area contributed by atoms with Gasteiger partial charge in [0.05, 0.1) is 0 Å². The van der Waals surface area contributed by atoms with Crippen LogP contribution in [0.4, 0.5) is 0 Å². The largest absolute Gasteiger partial charge is 0.309 e. The van der Waals surface area contributed by atoms with Crippen molar-refractivity contribution in [1.82, 2.24) is 5.32 Å². The molecule has 78 valence electrons. The van der Waals surface area contributed by atoms with Gasteiger partial charge in [0.1, 0.15) is 0 Å². The standard InChI is InChI=1S/C12H19NS/c1-3-9(4-2)11-12-10(5-7-13-11)6-8-14-12/h6,8-9,11,13H,3-5,7H2,1-2H3. The zero-order valence-electron chi connectivity index (χ0n) is 9.05. The molecule has 1 unspecified atom stereocenters. The van der Waals surface area contributed by atoms with Gasteiger partial charge >= 0.3 is 0 Å². The Morgan fingerprint density at radius 2 is 2.29 bits per heavy atom. The van der Waals surface area contributed by atoms with Crippen molar-refractivity contribution in [3.63, 3.8) is 0 Å². The zero-order chi connectivity index (χ0) is 9.97. The van der Waals surface area contributed by atoms with Crippen molar-refractivity contribution in [3.05, 3.63) is 21.9 Å². The van der Waals surface area contributed by atoms with Crippen LogP contribution in [0.2, 0.25) is 0 Å². The second-order valence-electron chi connectivity index (χ2n) is 4.07. The maximum atomic E-state index is 3.67. The molecule has 0 saturated carbocycles. The summed E-state index contributed by atoms with van der Waals surface area (Å²) in [6.45, 7) is 5.76. The monoisotopic (exact) mass is 209 g/mol. The summed E-state index contributed by atoms with van der Waals surface area (Å²) in [7, 11) is 0. The third-order valence-corrected chi connectivity index (χ3v) is 4.38.